The van der Waals surface area contributed by atoms with Crippen molar-refractivity contribution < 1.29 is 4.42 Å². The van der Waals surface area contributed by atoms with Crippen LogP contribution >= 0.6 is 11.8 Å². The Kier molecular flexibility index (Phi) is 4.26. The van der Waals surface area contributed by atoms with Crippen molar-refractivity contribution in [1.29, 1.82) is 0 Å². The second-order valence-electron chi connectivity index (χ2n) is 3.98. The minimum Gasteiger partial charge on any atom is -0.444 e. The summed E-state index contributed by atoms with van der Waals surface area (Å²) >= 11 is 1.50. The number of oxazole rings is 1. The molecule has 2 rings (SSSR count). The summed E-state index contributed by atoms with van der Waals surface area (Å²) in [6, 6.07) is 1.85. The van der Waals surface area contributed by atoms with E-state index in [2.05, 4.69) is 25.6 Å². The van der Waals surface area contributed by atoms with Gasteiger partial charge in [-0.3, -0.25) is 0 Å². The van der Waals surface area contributed by atoms with Crippen molar-refractivity contribution in [2.75, 3.05) is 23.9 Å². The van der Waals surface area contributed by atoms with E-state index in [1.165, 1.54) is 11.8 Å². The van der Waals surface area contributed by atoms with Gasteiger partial charge in [-0.25, -0.2) is 15.0 Å². The topological polar surface area (TPSA) is 75.9 Å². The van der Waals surface area contributed by atoms with Gasteiger partial charge < -0.3 is 15.1 Å². The molecule has 2 heterocycles. The molecule has 0 aliphatic heterocycles. The predicted molar refractivity (Wildman–Crippen MR) is 76.7 cm³/mol. The summed E-state index contributed by atoms with van der Waals surface area (Å²) in [7, 11) is 1.83. The van der Waals surface area contributed by atoms with Crippen LogP contribution in [0.1, 0.15) is 17.3 Å². The highest BCUT2D eigenvalue weighted by Crippen LogP contribution is 2.17. The highest BCUT2D eigenvalue weighted by atomic mass is 32.2. The molecular formula is C12H17N5OS. The van der Waals surface area contributed by atoms with E-state index in [4.69, 9.17) is 4.42 Å². The van der Waals surface area contributed by atoms with Crippen LogP contribution in [0.3, 0.4) is 0 Å². The molecule has 0 saturated heterocycles. The second kappa shape index (κ2) is 5.92. The molecule has 19 heavy (non-hydrogen) atoms. The number of nitrogens with one attached hydrogen (secondary N) is 2. The van der Waals surface area contributed by atoms with Crippen LogP contribution in [0.5, 0.6) is 0 Å². The molecule has 102 valence electrons. The molecule has 2 N–H and O–H groups in total. The zero-order valence-electron chi connectivity index (χ0n) is 11.4. The molecule has 0 saturated carbocycles. The van der Waals surface area contributed by atoms with Crippen LogP contribution in [-0.2, 0) is 6.54 Å². The maximum Gasteiger partial charge on any atom is 0.213 e. The highest BCUT2D eigenvalue weighted by molar-refractivity contribution is 7.98. The van der Waals surface area contributed by atoms with Crippen molar-refractivity contribution in [2.24, 2.45) is 0 Å². The molecule has 6 nitrogen and oxygen atoms in total. The molecule has 0 aromatic carbocycles. The summed E-state index contributed by atoms with van der Waals surface area (Å²) < 4.78 is 5.51. The Bertz CT molecular complexity index is 527. The minimum absolute atomic E-state index is 0.503. The van der Waals surface area contributed by atoms with Gasteiger partial charge in [0.1, 0.15) is 17.4 Å². The Morgan fingerprint density at radius 2 is 1.95 bits per heavy atom. The number of hydrogen-bond donors (Lipinski definition) is 2. The first-order valence-electron chi connectivity index (χ1n) is 5.90. The summed E-state index contributed by atoms with van der Waals surface area (Å²) in [5, 5.41) is 6.92. The Balaban J connectivity index is 2.10. The third-order valence-corrected chi connectivity index (χ3v) is 3.19. The molecule has 0 radical (unpaired) electrons. The van der Waals surface area contributed by atoms with Gasteiger partial charge in [0.15, 0.2) is 5.16 Å². The first kappa shape index (κ1) is 13.7. The minimum atomic E-state index is 0.503. The zero-order valence-corrected chi connectivity index (χ0v) is 12.3. The van der Waals surface area contributed by atoms with Crippen LogP contribution in [0.25, 0.3) is 0 Å². The lowest BCUT2D eigenvalue weighted by Crippen LogP contribution is -2.05. The molecule has 0 aliphatic carbocycles. The molecular weight excluding hydrogens is 262 g/mol. The van der Waals surface area contributed by atoms with Crippen molar-refractivity contribution in [3.8, 4) is 0 Å². The fourth-order valence-electron chi connectivity index (χ4n) is 1.52. The number of rotatable bonds is 5. The van der Waals surface area contributed by atoms with Crippen molar-refractivity contribution >= 4 is 23.4 Å². The van der Waals surface area contributed by atoms with Gasteiger partial charge in [-0.1, -0.05) is 11.8 Å². The summed E-state index contributed by atoms with van der Waals surface area (Å²) in [6.07, 6.45) is 1.94. The predicted octanol–water partition coefficient (Wildman–Crippen LogP) is 2.46. The summed E-state index contributed by atoms with van der Waals surface area (Å²) in [5.41, 5.74) is 0.917. The van der Waals surface area contributed by atoms with Gasteiger partial charge in [0.05, 0.1) is 12.2 Å². The lowest BCUT2D eigenvalue weighted by atomic mass is 10.4. The molecule has 0 fully saturated rings. The van der Waals surface area contributed by atoms with Gasteiger partial charge in [0.25, 0.3) is 0 Å². The second-order valence-corrected chi connectivity index (χ2v) is 4.75. The van der Waals surface area contributed by atoms with Crippen molar-refractivity contribution in [3.63, 3.8) is 0 Å². The highest BCUT2D eigenvalue weighted by Gasteiger charge is 2.07. The number of anilines is 2. The third kappa shape index (κ3) is 3.37. The smallest absolute Gasteiger partial charge is 0.213 e. The summed E-state index contributed by atoms with van der Waals surface area (Å²) in [4.78, 5) is 13.0. The third-order valence-electron chi connectivity index (χ3n) is 2.64. The Labute approximate surface area is 116 Å². The molecule has 2 aromatic rings. The largest absolute Gasteiger partial charge is 0.444 e. The van der Waals surface area contributed by atoms with Gasteiger partial charge in [-0.05, 0) is 20.1 Å². The molecule has 0 atom stereocenters. The monoisotopic (exact) mass is 279 g/mol. The van der Waals surface area contributed by atoms with E-state index < -0.39 is 0 Å². The average Bonchev–Trinajstić information content (AvgIpc) is 2.75. The van der Waals surface area contributed by atoms with Crippen LogP contribution in [0, 0.1) is 13.8 Å². The van der Waals surface area contributed by atoms with Crippen LogP contribution in [0.4, 0.5) is 11.6 Å². The average molecular weight is 279 g/mol. The number of hydrogen-bond acceptors (Lipinski definition) is 7. The molecule has 2 aromatic heterocycles. The Hall–Kier alpha value is -1.76. The van der Waals surface area contributed by atoms with Gasteiger partial charge in [0, 0.05) is 13.1 Å². The first-order chi connectivity index (χ1) is 9.12. The number of aromatic nitrogens is 3. The van der Waals surface area contributed by atoms with E-state index >= 15 is 0 Å². The normalized spacial score (nSPS) is 10.5. The standard InChI is InChI=1S/C12H17N5OS/c1-7-8(2)18-11(15-7)6-14-10-5-9(13-3)16-12(17-10)19-4/h5H,6H2,1-4H3,(H2,13,14,16,17). The van der Waals surface area contributed by atoms with E-state index in [0.29, 0.717) is 17.6 Å². The lowest BCUT2D eigenvalue weighted by Gasteiger charge is -2.07. The Morgan fingerprint density at radius 1 is 1.21 bits per heavy atom. The maximum atomic E-state index is 5.51. The number of aryl methyl sites for hydroxylation is 2. The zero-order chi connectivity index (χ0) is 13.8. The van der Waals surface area contributed by atoms with Gasteiger partial charge in [-0.15, -0.1) is 0 Å². The van der Waals surface area contributed by atoms with E-state index in [9.17, 15) is 0 Å². The molecule has 0 bridgehead atoms. The molecule has 0 amide bonds. The molecule has 0 unspecified atom stereocenters. The summed E-state index contributed by atoms with van der Waals surface area (Å²) in [6.45, 7) is 4.34. The van der Waals surface area contributed by atoms with E-state index in [-0.39, 0.29) is 0 Å². The van der Waals surface area contributed by atoms with E-state index in [1.54, 1.807) is 0 Å². The molecule has 0 aliphatic rings. The fourth-order valence-corrected chi connectivity index (χ4v) is 1.90. The first-order valence-corrected chi connectivity index (χ1v) is 7.12. The fraction of sp³-hybridized carbons (Fsp3) is 0.417. The van der Waals surface area contributed by atoms with Crippen molar-refractivity contribution in [2.45, 2.75) is 25.5 Å². The number of thioether (sulfide) groups is 1. The van der Waals surface area contributed by atoms with Crippen LogP contribution in [0.2, 0.25) is 0 Å². The van der Waals surface area contributed by atoms with Crippen LogP contribution < -0.4 is 10.6 Å². The molecule has 7 heteroatoms. The van der Waals surface area contributed by atoms with Gasteiger partial charge in [-0.2, -0.15) is 0 Å². The van der Waals surface area contributed by atoms with Crippen molar-refractivity contribution in [1.82, 2.24) is 15.0 Å². The maximum absolute atomic E-state index is 5.51. The SMILES string of the molecule is CNc1cc(NCc2nc(C)c(C)o2)nc(SC)n1. The van der Waals surface area contributed by atoms with Gasteiger partial charge in [0.2, 0.25) is 5.89 Å². The van der Waals surface area contributed by atoms with Crippen molar-refractivity contribution in [3.05, 3.63) is 23.4 Å². The Morgan fingerprint density at radius 3 is 2.53 bits per heavy atom. The molecule has 0 spiro atoms. The van der Waals surface area contributed by atoms with Crippen LogP contribution in [-0.4, -0.2) is 28.3 Å². The van der Waals surface area contributed by atoms with Crippen LogP contribution in [0.15, 0.2) is 15.6 Å². The quantitative estimate of drug-likeness (QED) is 0.643. The van der Waals surface area contributed by atoms with Gasteiger partial charge >= 0.3 is 0 Å². The lowest BCUT2D eigenvalue weighted by molar-refractivity contribution is 0.478. The summed E-state index contributed by atoms with van der Waals surface area (Å²) in [5.74, 6) is 3.03. The number of nitrogens with zero attached hydrogens (tertiary/aromatic N) is 3. The van der Waals surface area contributed by atoms with E-state index in [1.807, 2.05) is 33.2 Å². The van der Waals surface area contributed by atoms with E-state index in [0.717, 1.165) is 23.1 Å².